The second-order valence-corrected chi connectivity index (χ2v) is 8.99. The second kappa shape index (κ2) is 8.17. The number of ketones is 1. The summed E-state index contributed by atoms with van der Waals surface area (Å²) < 4.78 is 22.7. The quantitative estimate of drug-likeness (QED) is 0.553. The van der Waals surface area contributed by atoms with Gasteiger partial charge in [0.2, 0.25) is 11.5 Å². The van der Waals surface area contributed by atoms with E-state index in [1.807, 2.05) is 30.3 Å². The fourth-order valence-electron chi connectivity index (χ4n) is 5.09. The number of benzene rings is 2. The van der Waals surface area contributed by atoms with Gasteiger partial charge in [0.25, 0.3) is 5.91 Å². The minimum absolute atomic E-state index is 0.179. The lowest BCUT2D eigenvalue weighted by atomic mass is 9.93. The zero-order valence-electron chi connectivity index (χ0n) is 19.4. The molecule has 1 fully saturated rings. The molecule has 1 saturated heterocycles. The number of methoxy groups -OCH3 is 4. The van der Waals surface area contributed by atoms with Crippen molar-refractivity contribution in [2.75, 3.05) is 39.2 Å². The van der Waals surface area contributed by atoms with Gasteiger partial charge in [-0.15, -0.1) is 11.8 Å². The van der Waals surface area contributed by atoms with E-state index < -0.39 is 23.6 Å². The van der Waals surface area contributed by atoms with Crippen molar-refractivity contribution < 1.29 is 28.5 Å². The van der Waals surface area contributed by atoms with Crippen LogP contribution in [0.1, 0.15) is 15.9 Å². The van der Waals surface area contributed by atoms with Gasteiger partial charge in [-0.05, 0) is 19.1 Å². The highest BCUT2D eigenvalue weighted by atomic mass is 32.2. The van der Waals surface area contributed by atoms with Crippen LogP contribution >= 0.6 is 11.8 Å². The van der Waals surface area contributed by atoms with Crippen molar-refractivity contribution in [3.8, 4) is 17.2 Å². The van der Waals surface area contributed by atoms with E-state index in [0.717, 1.165) is 4.90 Å². The fourth-order valence-corrected chi connectivity index (χ4v) is 5.93. The molecule has 3 aliphatic rings. The summed E-state index contributed by atoms with van der Waals surface area (Å²) in [7, 11) is 5.84. The number of carbonyl (C=O) groups is 2. The Morgan fingerprint density at radius 1 is 1.00 bits per heavy atom. The monoisotopic (exact) mass is 484 g/mol. The Kier molecular flexibility index (Phi) is 5.40. The standard InChI is InChI=1S/C23H24N4O6S/c1-12-17(30-2)16-14(19(32-4)18(12)31-3)21(28)23(33-5)20-15(22(29)27(16)23)24-25-26(20)11-34-13-9-7-6-8-10-13/h6-10,15,20H,11H2,1-5H3/t15-,20+,23+/m1/s1. The van der Waals surface area contributed by atoms with Crippen LogP contribution < -0.4 is 19.1 Å². The molecule has 3 heterocycles. The number of carbonyl (C=O) groups excluding carboxylic acids is 2. The average molecular weight is 485 g/mol. The summed E-state index contributed by atoms with van der Waals surface area (Å²) >= 11 is 1.53. The van der Waals surface area contributed by atoms with Crippen LogP contribution in [-0.4, -0.2) is 68.8 Å². The summed E-state index contributed by atoms with van der Waals surface area (Å²) in [5, 5.41) is 10.1. The number of rotatable bonds is 7. The summed E-state index contributed by atoms with van der Waals surface area (Å²) in [5.74, 6) is 0.492. The molecule has 2 aromatic carbocycles. The van der Waals surface area contributed by atoms with Gasteiger partial charge in [-0.3, -0.25) is 19.5 Å². The van der Waals surface area contributed by atoms with Crippen LogP contribution in [0, 0.1) is 6.92 Å². The number of Topliss-reactive ketones (excluding diaryl/α,β-unsaturated/α-hetero) is 1. The lowest BCUT2D eigenvalue weighted by Gasteiger charge is -2.36. The third-order valence-corrected chi connectivity index (χ3v) is 7.49. The molecule has 178 valence electrons. The van der Waals surface area contributed by atoms with E-state index in [1.54, 1.807) is 11.9 Å². The molecule has 3 atom stereocenters. The van der Waals surface area contributed by atoms with Crippen molar-refractivity contribution >= 4 is 29.1 Å². The lowest BCUT2D eigenvalue weighted by Crippen LogP contribution is -2.59. The van der Waals surface area contributed by atoms with Gasteiger partial charge in [0.1, 0.15) is 17.5 Å². The molecule has 2 aromatic rings. The Hall–Kier alpha value is -3.31. The van der Waals surface area contributed by atoms with Crippen LogP contribution in [0.5, 0.6) is 17.2 Å². The van der Waals surface area contributed by atoms with Crippen LogP contribution in [0.15, 0.2) is 45.6 Å². The molecule has 10 nitrogen and oxygen atoms in total. The smallest absolute Gasteiger partial charge is 0.259 e. The Bertz CT molecular complexity index is 1210. The molecule has 0 spiro atoms. The topological polar surface area (TPSA) is 102 Å². The summed E-state index contributed by atoms with van der Waals surface area (Å²) in [6, 6.07) is 8.14. The molecule has 0 N–H and O–H groups in total. The first kappa shape index (κ1) is 22.5. The lowest BCUT2D eigenvalue weighted by molar-refractivity contribution is -0.119. The molecule has 0 saturated carbocycles. The van der Waals surface area contributed by atoms with E-state index in [9.17, 15) is 9.59 Å². The SMILES string of the molecule is COc1c(C)c(OC)c2c(c1OC)C(=O)[C@@]1(OC)[C@@H]3[C@@H](N=NN3CSc3ccccc3)C(=O)N21. The number of hydrogen-bond donors (Lipinski definition) is 0. The summed E-state index contributed by atoms with van der Waals surface area (Å²) in [6.07, 6.45) is 0. The molecular formula is C23H24N4O6S. The normalized spacial score (nSPS) is 24.4. The third-order valence-electron chi connectivity index (χ3n) is 6.49. The molecule has 34 heavy (non-hydrogen) atoms. The second-order valence-electron chi connectivity index (χ2n) is 7.97. The number of ether oxygens (including phenoxy) is 4. The predicted molar refractivity (Wildman–Crippen MR) is 124 cm³/mol. The highest BCUT2D eigenvalue weighted by Crippen LogP contribution is 2.59. The molecule has 0 unspecified atom stereocenters. The maximum absolute atomic E-state index is 14.1. The molecule has 5 rings (SSSR count). The summed E-state index contributed by atoms with van der Waals surface area (Å²) in [5.41, 5.74) is -0.597. The fraction of sp³-hybridized carbons (Fsp3) is 0.391. The van der Waals surface area contributed by atoms with Gasteiger partial charge in [-0.25, -0.2) is 0 Å². The highest BCUT2D eigenvalue weighted by molar-refractivity contribution is 7.99. The number of nitrogens with zero attached hydrogens (tertiary/aromatic N) is 4. The number of amides is 1. The van der Waals surface area contributed by atoms with E-state index >= 15 is 0 Å². The Labute approximate surface area is 200 Å². The maximum Gasteiger partial charge on any atom is 0.259 e. The van der Waals surface area contributed by atoms with Gasteiger partial charge in [0.15, 0.2) is 17.5 Å². The summed E-state index contributed by atoms with van der Waals surface area (Å²) in [4.78, 5) is 30.2. The largest absolute Gasteiger partial charge is 0.494 e. The highest BCUT2D eigenvalue weighted by Gasteiger charge is 2.73. The van der Waals surface area contributed by atoms with E-state index in [2.05, 4.69) is 10.3 Å². The van der Waals surface area contributed by atoms with E-state index in [-0.39, 0.29) is 17.2 Å². The van der Waals surface area contributed by atoms with Gasteiger partial charge >= 0.3 is 0 Å². The van der Waals surface area contributed by atoms with E-state index in [4.69, 9.17) is 18.9 Å². The van der Waals surface area contributed by atoms with Gasteiger partial charge < -0.3 is 18.9 Å². The molecular weight excluding hydrogens is 460 g/mol. The van der Waals surface area contributed by atoms with Gasteiger partial charge in [-0.2, -0.15) is 5.11 Å². The van der Waals surface area contributed by atoms with Crippen molar-refractivity contribution in [2.24, 2.45) is 10.3 Å². The van der Waals surface area contributed by atoms with Crippen LogP contribution in [0.2, 0.25) is 0 Å². The first-order chi connectivity index (χ1) is 16.5. The van der Waals surface area contributed by atoms with Crippen molar-refractivity contribution in [2.45, 2.75) is 29.6 Å². The first-order valence-electron chi connectivity index (χ1n) is 10.6. The Morgan fingerprint density at radius 3 is 2.29 bits per heavy atom. The number of anilines is 1. The minimum Gasteiger partial charge on any atom is -0.494 e. The van der Waals surface area contributed by atoms with E-state index in [1.165, 1.54) is 45.1 Å². The number of fused-ring (bicyclic) bond motifs is 5. The molecule has 0 aliphatic carbocycles. The molecule has 0 aromatic heterocycles. The van der Waals surface area contributed by atoms with Gasteiger partial charge in [-0.1, -0.05) is 23.4 Å². The molecule has 0 bridgehead atoms. The van der Waals surface area contributed by atoms with Crippen LogP contribution in [0.25, 0.3) is 0 Å². The van der Waals surface area contributed by atoms with Gasteiger partial charge in [0.05, 0.1) is 32.8 Å². The molecule has 11 heteroatoms. The number of thioether (sulfide) groups is 1. The van der Waals surface area contributed by atoms with Crippen LogP contribution in [0.3, 0.4) is 0 Å². The molecule has 0 radical (unpaired) electrons. The zero-order valence-corrected chi connectivity index (χ0v) is 20.2. The Morgan fingerprint density at radius 2 is 1.68 bits per heavy atom. The van der Waals surface area contributed by atoms with E-state index in [0.29, 0.717) is 28.6 Å². The zero-order chi connectivity index (χ0) is 24.2. The predicted octanol–water partition coefficient (Wildman–Crippen LogP) is 3.08. The van der Waals surface area contributed by atoms with Crippen LogP contribution in [0.4, 0.5) is 5.69 Å². The van der Waals surface area contributed by atoms with Crippen molar-refractivity contribution in [1.29, 1.82) is 0 Å². The van der Waals surface area contributed by atoms with Gasteiger partial charge in [0, 0.05) is 17.6 Å². The summed E-state index contributed by atoms with van der Waals surface area (Å²) in [6.45, 7) is 1.78. The van der Waals surface area contributed by atoms with Crippen molar-refractivity contribution in [3.05, 3.63) is 41.5 Å². The maximum atomic E-state index is 14.1. The first-order valence-corrected chi connectivity index (χ1v) is 11.6. The van der Waals surface area contributed by atoms with Crippen molar-refractivity contribution in [1.82, 2.24) is 5.01 Å². The van der Waals surface area contributed by atoms with Crippen LogP contribution in [-0.2, 0) is 9.53 Å². The Balaban J connectivity index is 1.64. The minimum atomic E-state index is -1.68. The molecule has 3 aliphatic heterocycles. The number of hydrogen-bond acceptors (Lipinski definition) is 10. The average Bonchev–Trinajstić information content (AvgIpc) is 3.47. The third kappa shape index (κ3) is 2.73. The molecule has 1 amide bonds. The van der Waals surface area contributed by atoms with Crippen molar-refractivity contribution in [3.63, 3.8) is 0 Å².